The van der Waals surface area contributed by atoms with Crippen LogP contribution in [0.5, 0.6) is 0 Å². The van der Waals surface area contributed by atoms with E-state index in [1.807, 2.05) is 0 Å². The van der Waals surface area contributed by atoms with Crippen LogP contribution in [0.15, 0.2) is 8.96 Å². The molecule has 0 aromatic heterocycles. The molecule has 0 N–H and O–H groups in total. The maximum atomic E-state index is 10.8. The Morgan fingerprint density at radius 2 is 1.17 bits per heavy atom. The van der Waals surface area contributed by atoms with Crippen molar-refractivity contribution in [2.45, 2.75) is 0 Å². The van der Waals surface area contributed by atoms with E-state index >= 15 is 0 Å². The molecule has 0 aromatic carbocycles. The number of hydrogen-bond acceptors (Lipinski definition) is 4. The molecule has 0 fully saturated rings. The number of carbonyl (C=O) groups is 2. The molecule has 0 amide bonds. The monoisotopic (exact) mass is 300 g/mol. The number of ether oxygens (including phenoxy) is 2. The molecule has 0 saturated heterocycles. The lowest BCUT2D eigenvalue weighted by Gasteiger charge is -2.00. The molecule has 12 heavy (non-hydrogen) atoms. The number of hydrogen-bond donors (Lipinski definition) is 0. The summed E-state index contributed by atoms with van der Waals surface area (Å²) >= 11 is 5.74. The Labute approximate surface area is 86.2 Å². The third-order valence-electron chi connectivity index (χ3n) is 0.922. The third kappa shape index (κ3) is 2.94. The first-order valence-corrected chi connectivity index (χ1v) is 4.35. The van der Waals surface area contributed by atoms with E-state index in [1.165, 1.54) is 14.2 Å². The molecule has 0 rings (SSSR count). The van der Waals surface area contributed by atoms with Crippen LogP contribution in [0.1, 0.15) is 0 Å². The van der Waals surface area contributed by atoms with E-state index in [1.54, 1.807) is 0 Å². The predicted molar refractivity (Wildman–Crippen MR) is 48.9 cm³/mol. The molecule has 0 saturated carbocycles. The van der Waals surface area contributed by atoms with Crippen molar-refractivity contribution in [1.82, 2.24) is 0 Å². The lowest BCUT2D eigenvalue weighted by atomic mass is 10.5. The zero-order valence-electron chi connectivity index (χ0n) is 6.39. The molecule has 0 unspecified atom stereocenters. The first-order valence-electron chi connectivity index (χ1n) is 2.76. The molecule has 0 bridgehead atoms. The summed E-state index contributed by atoms with van der Waals surface area (Å²) in [5.41, 5.74) is 0. The normalized spacial score (nSPS) is 11.7. The molecule has 68 valence electrons. The Kier molecular flexibility index (Phi) is 5.16. The highest BCUT2D eigenvalue weighted by Gasteiger charge is 2.17. The minimum atomic E-state index is -0.646. The van der Waals surface area contributed by atoms with Gasteiger partial charge in [-0.2, -0.15) is 0 Å². The number of carbonyl (C=O) groups excluding carboxylic acids is 2. The van der Waals surface area contributed by atoms with Crippen molar-refractivity contribution in [3.8, 4) is 0 Å². The second-order valence-corrected chi connectivity index (χ2v) is 3.20. The highest BCUT2D eigenvalue weighted by molar-refractivity contribution is 9.14. The fraction of sp³-hybridized carbons (Fsp3) is 0.333. The second kappa shape index (κ2) is 5.31. The van der Waals surface area contributed by atoms with E-state index in [0.717, 1.165) is 0 Å². The number of halogens is 2. The largest absolute Gasteiger partial charge is 0.465 e. The maximum Gasteiger partial charge on any atom is 0.346 e. The van der Waals surface area contributed by atoms with Crippen LogP contribution in [-0.4, -0.2) is 26.2 Å². The van der Waals surface area contributed by atoms with Crippen LogP contribution in [0.3, 0.4) is 0 Å². The van der Waals surface area contributed by atoms with Crippen LogP contribution >= 0.6 is 31.9 Å². The number of rotatable bonds is 2. The van der Waals surface area contributed by atoms with Gasteiger partial charge in [0.05, 0.1) is 14.2 Å². The van der Waals surface area contributed by atoms with Crippen LogP contribution < -0.4 is 0 Å². The molecule has 0 radical (unpaired) electrons. The summed E-state index contributed by atoms with van der Waals surface area (Å²) in [6, 6.07) is 0. The second-order valence-electron chi connectivity index (χ2n) is 1.61. The summed E-state index contributed by atoms with van der Waals surface area (Å²) in [5, 5.41) is 0. The topological polar surface area (TPSA) is 52.6 Å². The maximum absolute atomic E-state index is 10.8. The first kappa shape index (κ1) is 11.6. The van der Waals surface area contributed by atoms with Gasteiger partial charge in [-0.25, -0.2) is 9.59 Å². The van der Waals surface area contributed by atoms with E-state index in [4.69, 9.17) is 0 Å². The summed E-state index contributed by atoms with van der Waals surface area (Å²) in [7, 11) is 2.42. The lowest BCUT2D eigenvalue weighted by molar-refractivity contribution is -0.138. The smallest absolute Gasteiger partial charge is 0.346 e. The molecular weight excluding hydrogens is 296 g/mol. The lowest BCUT2D eigenvalue weighted by Crippen LogP contribution is -2.07. The highest BCUT2D eigenvalue weighted by atomic mass is 79.9. The van der Waals surface area contributed by atoms with Gasteiger partial charge in [0.2, 0.25) is 0 Å². The van der Waals surface area contributed by atoms with E-state index in [0.29, 0.717) is 0 Å². The van der Waals surface area contributed by atoms with Gasteiger partial charge in [0.15, 0.2) is 0 Å². The average molecular weight is 302 g/mol. The molecule has 0 aliphatic rings. The molecule has 0 aromatic rings. The minimum Gasteiger partial charge on any atom is -0.465 e. The molecule has 0 aliphatic heterocycles. The van der Waals surface area contributed by atoms with Crippen molar-refractivity contribution in [2.75, 3.05) is 14.2 Å². The Morgan fingerprint density at radius 3 is 1.33 bits per heavy atom. The fourth-order valence-electron chi connectivity index (χ4n) is 0.358. The average Bonchev–Trinajstić information content (AvgIpc) is 2.12. The van der Waals surface area contributed by atoms with Crippen molar-refractivity contribution < 1.29 is 19.1 Å². The van der Waals surface area contributed by atoms with Crippen molar-refractivity contribution >= 4 is 43.8 Å². The predicted octanol–water partition coefficient (Wildman–Crippen LogP) is 1.33. The summed E-state index contributed by atoms with van der Waals surface area (Å²) < 4.78 is 8.69. The SMILES string of the molecule is COC(=O)/C(Br)=C(\Br)C(=O)OC. The highest BCUT2D eigenvalue weighted by Crippen LogP contribution is 2.20. The van der Waals surface area contributed by atoms with Gasteiger partial charge in [-0.3, -0.25) is 0 Å². The molecule has 4 nitrogen and oxygen atoms in total. The first-order chi connectivity index (χ1) is 5.54. The quantitative estimate of drug-likeness (QED) is 0.570. The van der Waals surface area contributed by atoms with Crippen molar-refractivity contribution in [3.63, 3.8) is 0 Å². The van der Waals surface area contributed by atoms with E-state index in [2.05, 4.69) is 41.3 Å². The molecule has 0 heterocycles. The summed E-state index contributed by atoms with van der Waals surface area (Å²) in [6.07, 6.45) is 0. The molecule has 6 heteroatoms. The molecule has 0 aliphatic carbocycles. The van der Waals surface area contributed by atoms with Crippen molar-refractivity contribution in [3.05, 3.63) is 8.96 Å². The Bertz CT molecular complexity index is 210. The van der Waals surface area contributed by atoms with E-state index < -0.39 is 11.9 Å². The van der Waals surface area contributed by atoms with E-state index in [9.17, 15) is 9.59 Å². The minimum absolute atomic E-state index is 0.00292. The third-order valence-corrected chi connectivity index (χ3v) is 2.89. The summed E-state index contributed by atoms with van der Waals surface area (Å²) in [5.74, 6) is -1.29. The standard InChI is InChI=1S/C6H6Br2O4/c1-11-5(9)3(7)4(8)6(10)12-2/h1-2H3/b4-3+. The van der Waals surface area contributed by atoms with Gasteiger partial charge < -0.3 is 9.47 Å². The Balaban J connectivity index is 4.68. The van der Waals surface area contributed by atoms with Gasteiger partial charge in [0.1, 0.15) is 8.96 Å². The molecule has 0 spiro atoms. The molecule has 0 atom stereocenters. The van der Waals surface area contributed by atoms with Gasteiger partial charge >= 0.3 is 11.9 Å². The fourth-order valence-corrected chi connectivity index (χ4v) is 1.01. The van der Waals surface area contributed by atoms with Crippen molar-refractivity contribution in [2.24, 2.45) is 0 Å². The summed E-state index contributed by atoms with van der Waals surface area (Å²) in [4.78, 5) is 21.6. The molecular formula is C6H6Br2O4. The van der Waals surface area contributed by atoms with Gasteiger partial charge in [-0.15, -0.1) is 0 Å². The number of esters is 2. The van der Waals surface area contributed by atoms with Gasteiger partial charge in [0, 0.05) is 0 Å². The van der Waals surface area contributed by atoms with Gasteiger partial charge in [-0.05, 0) is 31.9 Å². The Hall–Kier alpha value is -0.360. The zero-order valence-corrected chi connectivity index (χ0v) is 9.56. The number of methoxy groups -OCH3 is 2. The van der Waals surface area contributed by atoms with Crippen LogP contribution in [0, 0.1) is 0 Å². The summed E-state index contributed by atoms with van der Waals surface area (Å²) in [6.45, 7) is 0. The van der Waals surface area contributed by atoms with Gasteiger partial charge in [-0.1, -0.05) is 0 Å². The van der Waals surface area contributed by atoms with Gasteiger partial charge in [0.25, 0.3) is 0 Å². The Morgan fingerprint density at radius 1 is 0.917 bits per heavy atom. The van der Waals surface area contributed by atoms with E-state index in [-0.39, 0.29) is 8.96 Å². The van der Waals surface area contributed by atoms with Crippen LogP contribution in [0.25, 0.3) is 0 Å². The van der Waals surface area contributed by atoms with Crippen LogP contribution in [0.4, 0.5) is 0 Å². The zero-order chi connectivity index (χ0) is 9.72. The van der Waals surface area contributed by atoms with Crippen LogP contribution in [-0.2, 0) is 19.1 Å². The van der Waals surface area contributed by atoms with Crippen LogP contribution in [0.2, 0.25) is 0 Å². The van der Waals surface area contributed by atoms with Crippen molar-refractivity contribution in [1.29, 1.82) is 0 Å².